The molecule has 2 aliphatic rings. The summed E-state index contributed by atoms with van der Waals surface area (Å²) >= 11 is 0. The van der Waals surface area contributed by atoms with Gasteiger partial charge in [0.05, 0.1) is 37.6 Å². The number of ether oxygens (including phenoxy) is 5. The lowest BCUT2D eigenvalue weighted by atomic mass is 9.84. The first-order valence-electron chi connectivity index (χ1n) is 20.7. The Morgan fingerprint density at radius 2 is 1.52 bits per heavy atom. The molecule has 3 heterocycles. The van der Waals surface area contributed by atoms with Crippen LogP contribution in [0.25, 0.3) is 0 Å². The zero-order valence-corrected chi connectivity index (χ0v) is 36.2. The highest BCUT2D eigenvalue weighted by atomic mass is 28.4. The first kappa shape index (κ1) is 43.0. The number of likely N-dealkylation sites (tertiary alicyclic amines) is 1. The van der Waals surface area contributed by atoms with Crippen LogP contribution >= 0.6 is 0 Å². The number of hydrogen-bond acceptors (Lipinski definition) is 9. The Kier molecular flexibility index (Phi) is 14.7. The van der Waals surface area contributed by atoms with E-state index in [4.69, 9.17) is 28.1 Å². The maximum absolute atomic E-state index is 14.0. The molecule has 1 amide bonds. The number of hydrogen-bond donors (Lipinski definition) is 0. The molecule has 0 saturated carbocycles. The van der Waals surface area contributed by atoms with Crippen molar-refractivity contribution in [1.29, 1.82) is 0 Å². The van der Waals surface area contributed by atoms with Crippen LogP contribution in [-0.4, -0.2) is 78.0 Å². The maximum Gasteiger partial charge on any atom is 0.410 e. The predicted molar refractivity (Wildman–Crippen MR) is 228 cm³/mol. The van der Waals surface area contributed by atoms with E-state index in [0.717, 1.165) is 52.4 Å². The van der Waals surface area contributed by atoms with Crippen molar-refractivity contribution in [2.24, 2.45) is 0 Å². The molecule has 3 unspecified atom stereocenters. The molecular weight excluding hydrogens is 751 g/mol. The molecule has 0 aliphatic carbocycles. The van der Waals surface area contributed by atoms with Gasteiger partial charge in [-0.3, -0.25) is 0 Å². The van der Waals surface area contributed by atoms with E-state index >= 15 is 0 Å². The summed E-state index contributed by atoms with van der Waals surface area (Å²) in [6.07, 6.45) is 2.55. The molecule has 312 valence electrons. The number of amides is 1. The molecule has 0 spiro atoms. The predicted octanol–water partition coefficient (Wildman–Crippen LogP) is 9.23. The summed E-state index contributed by atoms with van der Waals surface area (Å²) in [6, 6.07) is 27.3. The van der Waals surface area contributed by atoms with Gasteiger partial charge in [0.25, 0.3) is 0 Å². The van der Waals surface area contributed by atoms with Gasteiger partial charge in [-0.1, -0.05) is 90.1 Å². The molecule has 1 saturated heterocycles. The summed E-state index contributed by atoms with van der Waals surface area (Å²) in [5.41, 5.74) is 5.01. The van der Waals surface area contributed by atoms with Crippen LogP contribution in [0.15, 0.2) is 97.3 Å². The first-order chi connectivity index (χ1) is 28.0. The van der Waals surface area contributed by atoms with E-state index in [1.807, 2.05) is 48.5 Å². The molecule has 2 aliphatic heterocycles. The molecule has 0 bridgehead atoms. The van der Waals surface area contributed by atoms with Gasteiger partial charge in [0.1, 0.15) is 30.5 Å². The number of methoxy groups -OCH3 is 1. The SMILES string of the molecule is COCCCN1CCOc2ccc(COC3CN(C(=O)OCc4ccccc4)CC(O[Si](C(C)C)(C(C)C)C(C)C)C3c3ccc(Oc4cc[n+]([O-])cc4)cc3)cc21. The lowest BCUT2D eigenvalue weighted by molar-refractivity contribution is -0.605. The van der Waals surface area contributed by atoms with Crippen LogP contribution < -0.4 is 19.1 Å². The van der Waals surface area contributed by atoms with Gasteiger partial charge in [0.15, 0.2) is 12.4 Å². The highest BCUT2D eigenvalue weighted by molar-refractivity contribution is 6.77. The molecule has 6 rings (SSSR count). The summed E-state index contributed by atoms with van der Waals surface area (Å²) in [5, 5.41) is 11.6. The maximum atomic E-state index is 14.0. The number of aromatic nitrogens is 1. The van der Waals surface area contributed by atoms with E-state index in [0.29, 0.717) is 61.0 Å². The Bertz CT molecular complexity index is 1870. The average molecular weight is 812 g/mol. The number of benzene rings is 3. The van der Waals surface area contributed by atoms with Crippen LogP contribution in [0.3, 0.4) is 0 Å². The van der Waals surface area contributed by atoms with Crippen LogP contribution in [0, 0.1) is 5.21 Å². The van der Waals surface area contributed by atoms with E-state index in [1.165, 1.54) is 12.4 Å². The number of fused-ring (bicyclic) bond motifs is 1. The third-order valence-electron chi connectivity index (χ3n) is 11.6. The summed E-state index contributed by atoms with van der Waals surface area (Å²) in [6.45, 7) is 17.9. The smallest absolute Gasteiger partial charge is 0.410 e. The minimum absolute atomic E-state index is 0.176. The molecule has 3 atom stereocenters. The van der Waals surface area contributed by atoms with Crippen molar-refractivity contribution in [3.05, 3.63) is 119 Å². The monoisotopic (exact) mass is 811 g/mol. The highest BCUT2D eigenvalue weighted by Gasteiger charge is 2.51. The van der Waals surface area contributed by atoms with Gasteiger partial charge in [-0.2, -0.15) is 4.73 Å². The van der Waals surface area contributed by atoms with Crippen molar-refractivity contribution < 1.29 is 37.6 Å². The lowest BCUT2D eigenvalue weighted by Crippen LogP contribution is -2.59. The molecule has 3 aromatic carbocycles. The molecule has 58 heavy (non-hydrogen) atoms. The van der Waals surface area contributed by atoms with Gasteiger partial charge in [0.2, 0.25) is 8.32 Å². The first-order valence-corrected chi connectivity index (χ1v) is 22.8. The fraction of sp³-hybridized carbons (Fsp3) is 0.478. The number of carbonyl (C=O) groups excluding carboxylic acids is 1. The summed E-state index contributed by atoms with van der Waals surface area (Å²) < 4.78 is 38.8. The van der Waals surface area contributed by atoms with Crippen LogP contribution in [0.4, 0.5) is 10.5 Å². The summed E-state index contributed by atoms with van der Waals surface area (Å²) in [7, 11) is -0.730. The van der Waals surface area contributed by atoms with E-state index in [2.05, 4.69) is 70.7 Å². The zero-order chi connectivity index (χ0) is 41.2. The Balaban J connectivity index is 1.34. The Labute approximate surface area is 345 Å². The molecule has 0 radical (unpaired) electrons. The third-order valence-corrected chi connectivity index (χ3v) is 17.7. The van der Waals surface area contributed by atoms with Crippen molar-refractivity contribution in [2.75, 3.05) is 51.4 Å². The number of nitrogens with zero attached hydrogens (tertiary/aromatic N) is 3. The minimum atomic E-state index is -2.46. The van der Waals surface area contributed by atoms with Crippen LogP contribution in [0.2, 0.25) is 16.6 Å². The van der Waals surface area contributed by atoms with E-state index in [9.17, 15) is 10.0 Å². The summed E-state index contributed by atoms with van der Waals surface area (Å²) in [4.78, 5) is 18.2. The normalized spacial score (nSPS) is 18.3. The number of anilines is 1. The van der Waals surface area contributed by atoms with Crippen LogP contribution in [0.1, 0.15) is 70.6 Å². The topological polar surface area (TPSA) is 106 Å². The average Bonchev–Trinajstić information content (AvgIpc) is 3.22. The Hall–Kier alpha value is -4.62. The molecular formula is C46H61N3O8Si. The van der Waals surface area contributed by atoms with Gasteiger partial charge >= 0.3 is 6.09 Å². The fourth-order valence-corrected chi connectivity index (χ4v) is 14.5. The second-order valence-corrected chi connectivity index (χ2v) is 21.8. The quantitative estimate of drug-likeness (QED) is 0.0447. The van der Waals surface area contributed by atoms with Crippen molar-refractivity contribution in [1.82, 2.24) is 4.90 Å². The van der Waals surface area contributed by atoms with Gasteiger partial charge in [0, 0.05) is 44.9 Å². The fourth-order valence-electron chi connectivity index (χ4n) is 8.91. The third kappa shape index (κ3) is 10.3. The van der Waals surface area contributed by atoms with Crippen molar-refractivity contribution in [2.45, 2.75) is 95.9 Å². The molecule has 4 aromatic rings. The van der Waals surface area contributed by atoms with Gasteiger partial charge in [-0.25, -0.2) is 4.79 Å². The van der Waals surface area contributed by atoms with E-state index < -0.39 is 14.4 Å². The second-order valence-electron chi connectivity index (χ2n) is 16.3. The van der Waals surface area contributed by atoms with E-state index in [-0.39, 0.29) is 24.7 Å². The largest absolute Gasteiger partial charge is 0.619 e. The van der Waals surface area contributed by atoms with Gasteiger partial charge < -0.3 is 43.1 Å². The van der Waals surface area contributed by atoms with Crippen LogP contribution in [-0.2, 0) is 31.9 Å². The van der Waals surface area contributed by atoms with Crippen molar-refractivity contribution in [3.63, 3.8) is 0 Å². The molecule has 11 nitrogen and oxygen atoms in total. The zero-order valence-electron chi connectivity index (χ0n) is 35.2. The minimum Gasteiger partial charge on any atom is -0.619 e. The Morgan fingerprint density at radius 1 is 0.845 bits per heavy atom. The number of piperidine rings is 1. The molecule has 12 heteroatoms. The molecule has 1 fully saturated rings. The summed E-state index contributed by atoms with van der Waals surface area (Å²) in [5.74, 6) is 1.87. The Morgan fingerprint density at radius 3 is 2.19 bits per heavy atom. The van der Waals surface area contributed by atoms with E-state index in [1.54, 1.807) is 24.1 Å². The lowest BCUT2D eigenvalue weighted by Gasteiger charge is -2.50. The van der Waals surface area contributed by atoms with Crippen molar-refractivity contribution >= 4 is 20.1 Å². The number of pyridine rings is 1. The van der Waals surface area contributed by atoms with Gasteiger partial charge in [-0.05, 0) is 64.0 Å². The van der Waals surface area contributed by atoms with Crippen molar-refractivity contribution in [3.8, 4) is 17.2 Å². The molecule has 1 aromatic heterocycles. The standard InChI is InChI=1S/C46H61N3O8Si/c1-33(2)58(34(3)4,35(5)6)57-44-30-48(46(50)55-31-36-12-9-8-10-13-36)29-43(45(44)38-15-17-39(18-16-38)56-40-20-23-49(51)24-21-40)54-32-37-14-19-42-41(28-37)47(25-27-53-42)22-11-26-52-7/h8-10,12-21,23-24,28,33-35,43-45H,11,22,25-27,29-32H2,1-7H3. The van der Waals surface area contributed by atoms with Gasteiger partial charge in [-0.15, -0.1) is 0 Å². The second kappa shape index (κ2) is 19.9. The molecule has 0 N–H and O–H groups in total. The van der Waals surface area contributed by atoms with Crippen LogP contribution in [0.5, 0.6) is 17.2 Å². The highest BCUT2D eigenvalue weighted by Crippen LogP contribution is 2.46. The number of carbonyl (C=O) groups is 1. The number of rotatable bonds is 17.